The largest absolute Gasteiger partial charge is 0.367 e. The lowest BCUT2D eigenvalue weighted by Crippen LogP contribution is -2.33. The number of rotatable bonds is 7. The van der Waals surface area contributed by atoms with E-state index in [2.05, 4.69) is 26.3 Å². The molecule has 2 aromatic carbocycles. The number of nitrogens with zero attached hydrogens (tertiary/aromatic N) is 4. The van der Waals surface area contributed by atoms with E-state index in [4.69, 9.17) is 0 Å². The van der Waals surface area contributed by atoms with E-state index in [0.29, 0.717) is 17.2 Å². The summed E-state index contributed by atoms with van der Waals surface area (Å²) in [5.74, 6) is 0.435. The Kier molecular flexibility index (Phi) is 5.17. The minimum atomic E-state index is -0.308. The Hall–Kier alpha value is -3.87. The van der Waals surface area contributed by atoms with Gasteiger partial charge in [-0.25, -0.2) is 14.4 Å². The van der Waals surface area contributed by atoms with Crippen LogP contribution in [0.5, 0.6) is 0 Å². The first kappa shape index (κ1) is 20.7. The fourth-order valence-corrected chi connectivity index (χ4v) is 4.24. The Morgan fingerprint density at radius 1 is 0.971 bits per heavy atom. The zero-order valence-electron chi connectivity index (χ0n) is 18.6. The summed E-state index contributed by atoms with van der Waals surface area (Å²) in [5.41, 5.74) is 3.80. The zero-order valence-corrected chi connectivity index (χ0v) is 18.6. The minimum Gasteiger partial charge on any atom is -0.367 e. The average molecular weight is 454 g/mol. The van der Waals surface area contributed by atoms with E-state index in [1.807, 2.05) is 18.2 Å². The van der Waals surface area contributed by atoms with Crippen molar-refractivity contribution >= 4 is 22.6 Å². The molecule has 4 aromatic rings. The van der Waals surface area contributed by atoms with E-state index in [1.54, 1.807) is 41.8 Å². The van der Waals surface area contributed by atoms with Crippen LogP contribution in [0.15, 0.2) is 67.3 Å². The molecule has 2 aromatic heterocycles. The van der Waals surface area contributed by atoms with Gasteiger partial charge in [-0.15, -0.1) is 0 Å². The SMILES string of the molecule is O=C(c1ccncc1)N(Cc1cc(-c2ccc3ncnc(NC4CC4)c3c2)ccc1F)C1CC1. The number of aromatic nitrogens is 3. The van der Waals surface area contributed by atoms with Gasteiger partial charge >= 0.3 is 0 Å². The minimum absolute atomic E-state index is 0.0895. The molecule has 0 spiro atoms. The summed E-state index contributed by atoms with van der Waals surface area (Å²) in [6.07, 6.45) is 8.99. The highest BCUT2D eigenvalue weighted by Gasteiger charge is 2.33. The van der Waals surface area contributed by atoms with E-state index in [1.165, 1.54) is 6.07 Å². The quantitative estimate of drug-likeness (QED) is 0.416. The van der Waals surface area contributed by atoms with Crippen LogP contribution in [0.4, 0.5) is 10.2 Å². The maximum atomic E-state index is 14.9. The lowest BCUT2D eigenvalue weighted by Gasteiger charge is -2.23. The van der Waals surface area contributed by atoms with E-state index < -0.39 is 0 Å². The van der Waals surface area contributed by atoms with Gasteiger partial charge in [0.2, 0.25) is 0 Å². The maximum absolute atomic E-state index is 14.9. The number of hydrogen-bond donors (Lipinski definition) is 1. The first-order valence-corrected chi connectivity index (χ1v) is 11.7. The first-order chi connectivity index (χ1) is 16.7. The van der Waals surface area contributed by atoms with E-state index in [9.17, 15) is 9.18 Å². The molecule has 2 heterocycles. The predicted octanol–water partition coefficient (Wildman–Crippen LogP) is 5.21. The molecule has 6 rings (SSSR count). The van der Waals surface area contributed by atoms with Crippen molar-refractivity contribution in [2.45, 2.75) is 44.3 Å². The van der Waals surface area contributed by atoms with Gasteiger partial charge in [-0.2, -0.15) is 0 Å². The third kappa shape index (κ3) is 4.21. The summed E-state index contributed by atoms with van der Waals surface area (Å²) in [5, 5.41) is 4.42. The maximum Gasteiger partial charge on any atom is 0.254 e. The normalized spacial score (nSPS) is 15.3. The number of pyridine rings is 1. The average Bonchev–Trinajstić information content (AvgIpc) is 3.79. The number of fused-ring (bicyclic) bond motifs is 1. The Labute approximate surface area is 196 Å². The molecule has 170 valence electrons. The van der Waals surface area contributed by atoms with Crippen LogP contribution in [-0.2, 0) is 6.54 Å². The highest BCUT2D eigenvalue weighted by atomic mass is 19.1. The van der Waals surface area contributed by atoms with Gasteiger partial charge < -0.3 is 10.2 Å². The summed E-state index contributed by atoms with van der Waals surface area (Å²) in [6, 6.07) is 15.2. The Balaban J connectivity index is 1.32. The molecule has 0 aliphatic heterocycles. The van der Waals surface area contributed by atoms with Crippen molar-refractivity contribution in [3.8, 4) is 11.1 Å². The molecule has 7 heteroatoms. The van der Waals surface area contributed by atoms with Gasteiger partial charge in [-0.1, -0.05) is 12.1 Å². The summed E-state index contributed by atoms with van der Waals surface area (Å²) in [7, 11) is 0. The molecular formula is C27H24FN5O. The third-order valence-electron chi connectivity index (χ3n) is 6.45. The van der Waals surface area contributed by atoms with Gasteiger partial charge in [-0.3, -0.25) is 9.78 Å². The van der Waals surface area contributed by atoms with Crippen molar-refractivity contribution in [3.63, 3.8) is 0 Å². The molecule has 0 atom stereocenters. The molecule has 1 N–H and O–H groups in total. The number of anilines is 1. The Morgan fingerprint density at radius 3 is 2.50 bits per heavy atom. The van der Waals surface area contributed by atoms with Crippen LogP contribution >= 0.6 is 0 Å². The van der Waals surface area contributed by atoms with Gasteiger partial charge in [0.05, 0.1) is 5.52 Å². The van der Waals surface area contributed by atoms with Gasteiger partial charge in [0, 0.05) is 47.5 Å². The number of nitrogens with one attached hydrogen (secondary N) is 1. The Morgan fingerprint density at radius 2 is 1.74 bits per heavy atom. The number of carbonyl (C=O) groups excluding carboxylic acids is 1. The van der Waals surface area contributed by atoms with Crippen molar-refractivity contribution in [2.24, 2.45) is 0 Å². The second-order valence-corrected chi connectivity index (χ2v) is 9.08. The molecule has 2 fully saturated rings. The van der Waals surface area contributed by atoms with Crippen molar-refractivity contribution < 1.29 is 9.18 Å². The molecule has 0 unspecified atom stereocenters. The van der Waals surface area contributed by atoms with Crippen LogP contribution in [0.2, 0.25) is 0 Å². The van der Waals surface area contributed by atoms with Crippen molar-refractivity contribution in [1.82, 2.24) is 19.9 Å². The van der Waals surface area contributed by atoms with Crippen LogP contribution in [-0.4, -0.2) is 37.8 Å². The highest BCUT2D eigenvalue weighted by Crippen LogP contribution is 2.33. The summed E-state index contributed by atoms with van der Waals surface area (Å²) in [4.78, 5) is 27.7. The zero-order chi connectivity index (χ0) is 23.1. The van der Waals surface area contributed by atoms with Crippen LogP contribution in [0.25, 0.3) is 22.0 Å². The van der Waals surface area contributed by atoms with Gasteiger partial charge in [0.1, 0.15) is 18.0 Å². The molecule has 6 nitrogen and oxygen atoms in total. The fourth-order valence-electron chi connectivity index (χ4n) is 4.24. The molecule has 0 radical (unpaired) electrons. The first-order valence-electron chi connectivity index (χ1n) is 11.7. The smallest absolute Gasteiger partial charge is 0.254 e. The Bertz CT molecular complexity index is 1370. The second kappa shape index (κ2) is 8.48. The molecule has 0 saturated heterocycles. The predicted molar refractivity (Wildman–Crippen MR) is 129 cm³/mol. The van der Waals surface area contributed by atoms with Gasteiger partial charge in [0.25, 0.3) is 5.91 Å². The second-order valence-electron chi connectivity index (χ2n) is 9.08. The number of amides is 1. The monoisotopic (exact) mass is 453 g/mol. The molecule has 2 aliphatic rings. The van der Waals surface area contributed by atoms with Gasteiger partial charge in [-0.05, 0) is 73.2 Å². The van der Waals surface area contributed by atoms with Crippen LogP contribution < -0.4 is 5.32 Å². The van der Waals surface area contributed by atoms with Crippen LogP contribution in [0.3, 0.4) is 0 Å². The lowest BCUT2D eigenvalue weighted by molar-refractivity contribution is 0.0728. The van der Waals surface area contributed by atoms with Gasteiger partial charge in [0.15, 0.2) is 0 Å². The number of benzene rings is 2. The fraction of sp³-hybridized carbons (Fsp3) is 0.259. The molecule has 1 amide bonds. The molecule has 2 aliphatic carbocycles. The number of carbonyl (C=O) groups is 1. The number of hydrogen-bond acceptors (Lipinski definition) is 5. The molecule has 34 heavy (non-hydrogen) atoms. The molecule has 0 bridgehead atoms. The van der Waals surface area contributed by atoms with Crippen molar-refractivity contribution in [3.05, 3.63) is 84.2 Å². The van der Waals surface area contributed by atoms with E-state index in [-0.39, 0.29) is 24.3 Å². The number of halogens is 1. The summed E-state index contributed by atoms with van der Waals surface area (Å²) < 4.78 is 14.9. The summed E-state index contributed by atoms with van der Waals surface area (Å²) >= 11 is 0. The van der Waals surface area contributed by atoms with Crippen molar-refractivity contribution in [1.29, 1.82) is 0 Å². The van der Waals surface area contributed by atoms with Crippen LogP contribution in [0.1, 0.15) is 41.6 Å². The van der Waals surface area contributed by atoms with E-state index in [0.717, 1.165) is 53.5 Å². The van der Waals surface area contributed by atoms with E-state index >= 15 is 0 Å². The van der Waals surface area contributed by atoms with Crippen LogP contribution in [0, 0.1) is 5.82 Å². The standard InChI is InChI=1S/C27H24FN5O/c28-24-7-1-18(19-2-8-25-23(14-19)26(31-16-30-25)32-21-3-4-21)13-20(24)15-33(22-5-6-22)27(34)17-9-11-29-12-10-17/h1-2,7-14,16,21-22H,3-6,15H2,(H,30,31,32). The third-order valence-corrected chi connectivity index (χ3v) is 6.45. The molecular weight excluding hydrogens is 429 g/mol. The topological polar surface area (TPSA) is 71.0 Å². The summed E-state index contributed by atoms with van der Waals surface area (Å²) in [6.45, 7) is 0.233. The van der Waals surface area contributed by atoms with Crippen molar-refractivity contribution in [2.75, 3.05) is 5.32 Å². The molecule has 2 saturated carbocycles. The highest BCUT2D eigenvalue weighted by molar-refractivity contribution is 5.94. The lowest BCUT2D eigenvalue weighted by atomic mass is 10.0.